The zero-order valence-corrected chi connectivity index (χ0v) is 19.4. The van der Waals surface area contributed by atoms with E-state index in [1.54, 1.807) is 38.6 Å². The highest BCUT2D eigenvalue weighted by atomic mass is 16.5. The first-order valence-corrected chi connectivity index (χ1v) is 11.0. The van der Waals surface area contributed by atoms with Crippen molar-refractivity contribution in [1.29, 1.82) is 5.26 Å². The summed E-state index contributed by atoms with van der Waals surface area (Å²) in [4.78, 5) is 22.7. The number of pyridine rings is 1. The summed E-state index contributed by atoms with van der Waals surface area (Å²) in [6.07, 6.45) is 5.16. The highest BCUT2D eigenvalue weighted by Gasteiger charge is 2.18. The van der Waals surface area contributed by atoms with E-state index >= 15 is 0 Å². The second-order valence-electron chi connectivity index (χ2n) is 7.91. The van der Waals surface area contributed by atoms with Gasteiger partial charge in [0.05, 0.1) is 45.4 Å². The second kappa shape index (κ2) is 10.3. The number of nitrogens with zero attached hydrogens (tertiary/aromatic N) is 3. The van der Waals surface area contributed by atoms with Crippen LogP contribution in [0.15, 0.2) is 42.2 Å². The molecule has 34 heavy (non-hydrogen) atoms. The van der Waals surface area contributed by atoms with Gasteiger partial charge in [-0.3, -0.25) is 4.79 Å². The fraction of sp³-hybridized carbons (Fsp3) is 0.320. The minimum Gasteiger partial charge on any atom is -0.493 e. The van der Waals surface area contributed by atoms with E-state index in [1.807, 2.05) is 31.3 Å². The Morgan fingerprint density at radius 1 is 1.26 bits per heavy atom. The number of carbonyl (C=O) groups is 1. The van der Waals surface area contributed by atoms with Crippen LogP contribution in [0.4, 0.5) is 5.69 Å². The fourth-order valence-electron chi connectivity index (χ4n) is 3.91. The second-order valence-corrected chi connectivity index (χ2v) is 7.91. The number of benzene rings is 1. The molecule has 0 radical (unpaired) electrons. The SMILES string of the molecule is COc1ccc([C@@H](C)NC(=O)/C(C#N)=C/c2c[nH]c3ncc(N4CCOCC4)cc23)cc1OC. The highest BCUT2D eigenvalue weighted by Crippen LogP contribution is 2.30. The fourth-order valence-corrected chi connectivity index (χ4v) is 3.91. The molecular formula is C25H27N5O4. The Morgan fingerprint density at radius 2 is 2.03 bits per heavy atom. The maximum atomic E-state index is 12.9. The van der Waals surface area contributed by atoms with Gasteiger partial charge in [-0.15, -0.1) is 0 Å². The molecule has 1 aliphatic rings. The first-order chi connectivity index (χ1) is 16.5. The van der Waals surface area contributed by atoms with Gasteiger partial charge in [-0.2, -0.15) is 5.26 Å². The number of H-pyrrole nitrogens is 1. The maximum Gasteiger partial charge on any atom is 0.262 e. The summed E-state index contributed by atoms with van der Waals surface area (Å²) in [6.45, 7) is 4.79. The monoisotopic (exact) mass is 461 g/mol. The van der Waals surface area contributed by atoms with Crippen molar-refractivity contribution in [2.24, 2.45) is 0 Å². The van der Waals surface area contributed by atoms with Crippen LogP contribution in [0.3, 0.4) is 0 Å². The molecule has 0 unspecified atom stereocenters. The number of ether oxygens (including phenoxy) is 3. The van der Waals surface area contributed by atoms with Crippen LogP contribution < -0.4 is 19.7 Å². The Balaban J connectivity index is 1.55. The van der Waals surface area contributed by atoms with Gasteiger partial charge >= 0.3 is 0 Å². The molecule has 9 heteroatoms. The number of methoxy groups -OCH3 is 2. The first kappa shape index (κ1) is 23.1. The summed E-state index contributed by atoms with van der Waals surface area (Å²) >= 11 is 0. The van der Waals surface area contributed by atoms with Gasteiger partial charge in [-0.05, 0) is 36.8 Å². The molecule has 4 rings (SSSR count). The molecule has 1 saturated heterocycles. The highest BCUT2D eigenvalue weighted by molar-refractivity contribution is 6.04. The van der Waals surface area contributed by atoms with E-state index in [2.05, 4.69) is 20.2 Å². The number of rotatable bonds is 7. The summed E-state index contributed by atoms with van der Waals surface area (Å²) in [6, 6.07) is 9.13. The lowest BCUT2D eigenvalue weighted by molar-refractivity contribution is -0.117. The van der Waals surface area contributed by atoms with Crippen molar-refractivity contribution in [3.8, 4) is 17.6 Å². The molecule has 2 aromatic heterocycles. The smallest absolute Gasteiger partial charge is 0.262 e. The van der Waals surface area contributed by atoms with Crippen LogP contribution in [-0.4, -0.2) is 56.4 Å². The number of hydrogen-bond donors (Lipinski definition) is 2. The van der Waals surface area contributed by atoms with Crippen molar-refractivity contribution in [3.63, 3.8) is 0 Å². The maximum absolute atomic E-state index is 12.9. The topological polar surface area (TPSA) is 112 Å². The predicted octanol–water partition coefficient (Wildman–Crippen LogP) is 3.20. The summed E-state index contributed by atoms with van der Waals surface area (Å²) in [7, 11) is 3.12. The summed E-state index contributed by atoms with van der Waals surface area (Å²) in [5.74, 6) is 0.711. The van der Waals surface area contributed by atoms with Gasteiger partial charge in [0.2, 0.25) is 0 Å². The third-order valence-electron chi connectivity index (χ3n) is 5.85. The summed E-state index contributed by atoms with van der Waals surface area (Å²) in [5.41, 5.74) is 3.23. The Hall–Kier alpha value is -4.03. The molecule has 1 aliphatic heterocycles. The van der Waals surface area contributed by atoms with Gasteiger partial charge in [0.25, 0.3) is 5.91 Å². The average Bonchev–Trinajstić information content (AvgIpc) is 3.29. The number of aromatic amines is 1. The average molecular weight is 462 g/mol. The van der Waals surface area contributed by atoms with Gasteiger partial charge in [0, 0.05) is 30.2 Å². The van der Waals surface area contributed by atoms with E-state index in [1.165, 1.54) is 0 Å². The van der Waals surface area contributed by atoms with E-state index < -0.39 is 5.91 Å². The van der Waals surface area contributed by atoms with Gasteiger partial charge < -0.3 is 29.4 Å². The van der Waals surface area contributed by atoms with Crippen molar-refractivity contribution in [3.05, 3.63) is 53.4 Å². The molecule has 0 aliphatic carbocycles. The minimum atomic E-state index is -0.462. The Labute approximate surface area is 197 Å². The Kier molecular flexibility index (Phi) is 6.99. The van der Waals surface area contributed by atoms with Crippen molar-refractivity contribution in [1.82, 2.24) is 15.3 Å². The normalized spacial score (nSPS) is 15.0. The molecule has 0 saturated carbocycles. The van der Waals surface area contributed by atoms with E-state index in [9.17, 15) is 10.1 Å². The molecule has 1 amide bonds. The molecule has 1 atom stereocenters. The van der Waals surface area contributed by atoms with E-state index in [4.69, 9.17) is 14.2 Å². The number of morpholine rings is 1. The van der Waals surface area contributed by atoms with Gasteiger partial charge in [0.15, 0.2) is 11.5 Å². The third kappa shape index (κ3) is 4.82. The molecule has 2 N–H and O–H groups in total. The number of aromatic nitrogens is 2. The van der Waals surface area contributed by atoms with Gasteiger partial charge in [-0.1, -0.05) is 6.07 Å². The lowest BCUT2D eigenvalue weighted by Crippen LogP contribution is -2.36. The van der Waals surface area contributed by atoms with Crippen LogP contribution in [-0.2, 0) is 9.53 Å². The zero-order valence-electron chi connectivity index (χ0n) is 19.4. The standard InChI is InChI=1S/C25H27N5O4/c1-16(17-4-5-22(32-2)23(11-17)33-3)29-25(31)18(13-26)10-19-14-27-24-21(19)12-20(15-28-24)30-6-8-34-9-7-30/h4-5,10-12,14-16H,6-9H2,1-3H3,(H,27,28)(H,29,31)/b18-10+/t16-/m1/s1. The molecule has 0 spiro atoms. The Bertz CT molecular complexity index is 1250. The summed E-state index contributed by atoms with van der Waals surface area (Å²) < 4.78 is 16.0. The van der Waals surface area contributed by atoms with Crippen molar-refractivity contribution in [2.45, 2.75) is 13.0 Å². The molecule has 3 heterocycles. The largest absolute Gasteiger partial charge is 0.493 e. The molecule has 1 fully saturated rings. The molecule has 0 bridgehead atoms. The lowest BCUT2D eigenvalue weighted by atomic mass is 10.1. The number of carbonyl (C=O) groups excluding carboxylic acids is 1. The van der Waals surface area contributed by atoms with Crippen LogP contribution in [0.5, 0.6) is 11.5 Å². The van der Waals surface area contributed by atoms with Crippen LogP contribution in [0, 0.1) is 11.3 Å². The first-order valence-electron chi connectivity index (χ1n) is 11.0. The quantitative estimate of drug-likeness (QED) is 0.410. The number of nitriles is 1. The molecule has 3 aromatic rings. The molecule has 9 nitrogen and oxygen atoms in total. The number of fused-ring (bicyclic) bond motifs is 1. The number of hydrogen-bond acceptors (Lipinski definition) is 7. The van der Waals surface area contributed by atoms with Gasteiger partial charge in [0.1, 0.15) is 17.3 Å². The third-order valence-corrected chi connectivity index (χ3v) is 5.85. The molecule has 176 valence electrons. The predicted molar refractivity (Wildman–Crippen MR) is 129 cm³/mol. The minimum absolute atomic E-state index is 0.00463. The van der Waals surface area contributed by atoms with E-state index in [0.29, 0.717) is 30.4 Å². The van der Waals surface area contributed by atoms with Crippen LogP contribution >= 0.6 is 0 Å². The Morgan fingerprint density at radius 3 is 2.74 bits per heavy atom. The number of amides is 1. The molecular weight excluding hydrogens is 434 g/mol. The lowest BCUT2D eigenvalue weighted by Gasteiger charge is -2.28. The van der Waals surface area contributed by atoms with Crippen molar-refractivity contribution in [2.75, 3.05) is 45.4 Å². The van der Waals surface area contributed by atoms with Crippen molar-refractivity contribution < 1.29 is 19.0 Å². The van der Waals surface area contributed by atoms with Crippen LogP contribution in [0.25, 0.3) is 17.1 Å². The van der Waals surface area contributed by atoms with E-state index in [-0.39, 0.29) is 11.6 Å². The van der Waals surface area contributed by atoms with Crippen molar-refractivity contribution >= 4 is 28.7 Å². The van der Waals surface area contributed by atoms with E-state index in [0.717, 1.165) is 35.3 Å². The zero-order chi connectivity index (χ0) is 24.1. The molecule has 1 aromatic carbocycles. The summed E-state index contributed by atoms with van der Waals surface area (Å²) in [5, 5.41) is 13.4. The number of nitrogens with one attached hydrogen (secondary N) is 2. The van der Waals surface area contributed by atoms with Gasteiger partial charge in [-0.25, -0.2) is 4.98 Å². The number of anilines is 1. The van der Waals surface area contributed by atoms with Crippen LogP contribution in [0.2, 0.25) is 0 Å². The van der Waals surface area contributed by atoms with Crippen LogP contribution in [0.1, 0.15) is 24.1 Å².